The summed E-state index contributed by atoms with van der Waals surface area (Å²) in [7, 11) is 0. The van der Waals surface area contributed by atoms with Gasteiger partial charge in [-0.25, -0.2) is 0 Å². The molecule has 1 N–H and O–H groups in total. The number of nitrogens with zero attached hydrogens (tertiary/aromatic N) is 3. The Hall–Kier alpha value is -1.05. The number of likely N-dealkylation sites (tertiary alicyclic amines) is 1. The van der Waals surface area contributed by atoms with Crippen molar-refractivity contribution in [2.75, 3.05) is 26.2 Å². The number of nitrogens with one attached hydrogen (secondary N) is 1. The third-order valence-corrected chi connectivity index (χ3v) is 5.54. The summed E-state index contributed by atoms with van der Waals surface area (Å²) in [6.45, 7) is 11.5. The van der Waals surface area contributed by atoms with E-state index in [1.165, 1.54) is 19.3 Å². The van der Waals surface area contributed by atoms with E-state index in [9.17, 15) is 4.79 Å². The molecule has 1 aliphatic rings. The summed E-state index contributed by atoms with van der Waals surface area (Å²) in [5.41, 5.74) is 0.0776. The molecule has 6 heteroatoms. The van der Waals surface area contributed by atoms with E-state index in [0.717, 1.165) is 63.4 Å². The van der Waals surface area contributed by atoms with Crippen LogP contribution in [0.4, 0.5) is 0 Å². The maximum absolute atomic E-state index is 11.7. The molecule has 0 saturated carbocycles. The Bertz CT molecular complexity index is 612. The lowest BCUT2D eigenvalue weighted by atomic mass is 9.87. The number of hydrogen-bond acceptors (Lipinski definition) is 2. The van der Waals surface area contributed by atoms with Crippen molar-refractivity contribution < 1.29 is 0 Å². The van der Waals surface area contributed by atoms with E-state index in [4.69, 9.17) is 4.99 Å². The largest absolute Gasteiger partial charge is 0.357 e. The maximum Gasteiger partial charge on any atom is 0.250 e. The Morgan fingerprint density at radius 3 is 2.70 bits per heavy atom. The number of aliphatic imine (C=N–C) groups is 1. The van der Waals surface area contributed by atoms with Gasteiger partial charge in [-0.3, -0.25) is 9.79 Å². The molecular formula is C21H37IN4O. The highest BCUT2D eigenvalue weighted by Gasteiger charge is 2.29. The monoisotopic (exact) mass is 488 g/mol. The van der Waals surface area contributed by atoms with Crippen LogP contribution in [0.1, 0.15) is 52.9 Å². The van der Waals surface area contributed by atoms with Gasteiger partial charge in [-0.05, 0) is 44.1 Å². The van der Waals surface area contributed by atoms with Crippen LogP contribution >= 0.6 is 24.0 Å². The van der Waals surface area contributed by atoms with Crippen molar-refractivity contribution in [2.24, 2.45) is 16.8 Å². The van der Waals surface area contributed by atoms with Crippen molar-refractivity contribution in [1.29, 1.82) is 0 Å². The molecule has 27 heavy (non-hydrogen) atoms. The van der Waals surface area contributed by atoms with Gasteiger partial charge in [0.2, 0.25) is 5.56 Å². The van der Waals surface area contributed by atoms with Gasteiger partial charge in [-0.1, -0.05) is 32.8 Å². The zero-order chi connectivity index (χ0) is 18.8. The van der Waals surface area contributed by atoms with Gasteiger partial charge in [0.05, 0.1) is 0 Å². The van der Waals surface area contributed by atoms with E-state index in [2.05, 4.69) is 31.0 Å². The smallest absolute Gasteiger partial charge is 0.250 e. The van der Waals surface area contributed by atoms with E-state index in [1.54, 1.807) is 16.7 Å². The minimum atomic E-state index is 0. The molecule has 154 valence electrons. The minimum Gasteiger partial charge on any atom is -0.357 e. The Balaban J connectivity index is 0.00000364. The zero-order valence-corrected chi connectivity index (χ0v) is 19.5. The number of aryl methyl sites for hydroxylation is 1. The summed E-state index contributed by atoms with van der Waals surface area (Å²) in [4.78, 5) is 19.0. The van der Waals surface area contributed by atoms with Crippen LogP contribution in [0.3, 0.4) is 0 Å². The van der Waals surface area contributed by atoms with Crippen LogP contribution in [0.15, 0.2) is 34.2 Å². The molecule has 0 spiro atoms. The fourth-order valence-electron chi connectivity index (χ4n) is 3.97. The summed E-state index contributed by atoms with van der Waals surface area (Å²) in [5.74, 6) is 2.71. The van der Waals surface area contributed by atoms with Crippen LogP contribution in [0.2, 0.25) is 0 Å². The highest BCUT2D eigenvalue weighted by Crippen LogP contribution is 2.28. The summed E-state index contributed by atoms with van der Waals surface area (Å²) in [6, 6.07) is 5.31. The van der Waals surface area contributed by atoms with E-state index in [0.29, 0.717) is 0 Å². The highest BCUT2D eigenvalue weighted by molar-refractivity contribution is 14.0. The molecule has 2 rings (SSSR count). The molecule has 1 aromatic rings. The zero-order valence-electron chi connectivity index (χ0n) is 17.2. The number of guanidine groups is 1. The first-order valence-corrected chi connectivity index (χ1v) is 10.4. The highest BCUT2D eigenvalue weighted by atomic mass is 127. The Morgan fingerprint density at radius 2 is 2.04 bits per heavy atom. The van der Waals surface area contributed by atoms with Crippen LogP contribution in [0.5, 0.6) is 0 Å². The van der Waals surface area contributed by atoms with Gasteiger partial charge in [0.15, 0.2) is 5.96 Å². The summed E-state index contributed by atoms with van der Waals surface area (Å²) in [6.07, 6.45) is 7.68. The summed E-state index contributed by atoms with van der Waals surface area (Å²) >= 11 is 0. The van der Waals surface area contributed by atoms with Crippen LogP contribution in [-0.2, 0) is 6.54 Å². The number of hydrogen-bond donors (Lipinski definition) is 1. The second-order valence-electron chi connectivity index (χ2n) is 7.25. The molecular weight excluding hydrogens is 451 g/mol. The molecule has 0 aliphatic carbocycles. The second-order valence-corrected chi connectivity index (χ2v) is 7.25. The van der Waals surface area contributed by atoms with Crippen molar-refractivity contribution in [3.05, 3.63) is 34.7 Å². The van der Waals surface area contributed by atoms with E-state index >= 15 is 0 Å². The first-order valence-electron chi connectivity index (χ1n) is 10.4. The SMILES string of the molecule is CCNC(=NCCCCn1ccccc1=O)N1CCC(C(CC)CC)C1.I. The van der Waals surface area contributed by atoms with Crippen LogP contribution in [0.25, 0.3) is 0 Å². The lowest BCUT2D eigenvalue weighted by Gasteiger charge is -2.24. The Labute approximate surface area is 181 Å². The molecule has 2 heterocycles. The Kier molecular flexibility index (Phi) is 11.7. The van der Waals surface area contributed by atoms with Crippen molar-refractivity contribution in [3.8, 4) is 0 Å². The standard InChI is InChI=1S/C21H36N4O.HI/c1-4-18(5-2)19-12-16-25(17-19)21(22-6-3)23-13-8-10-15-24-14-9-7-11-20(24)26;/h7,9,11,14,18-19H,4-6,8,10,12-13,15-17H2,1-3H3,(H,22,23);1H. The number of rotatable bonds is 9. The fraction of sp³-hybridized carbons (Fsp3) is 0.714. The fourth-order valence-corrected chi connectivity index (χ4v) is 3.97. The molecule has 1 aromatic heterocycles. The summed E-state index contributed by atoms with van der Waals surface area (Å²) in [5, 5.41) is 3.46. The van der Waals surface area contributed by atoms with E-state index in [-0.39, 0.29) is 29.5 Å². The van der Waals surface area contributed by atoms with Crippen molar-refractivity contribution in [3.63, 3.8) is 0 Å². The molecule has 0 amide bonds. The molecule has 1 aliphatic heterocycles. The van der Waals surface area contributed by atoms with Gasteiger partial charge in [0, 0.05) is 45.0 Å². The molecule has 0 radical (unpaired) electrons. The van der Waals surface area contributed by atoms with E-state index < -0.39 is 0 Å². The lowest BCUT2D eigenvalue weighted by Crippen LogP contribution is -2.40. The van der Waals surface area contributed by atoms with Gasteiger partial charge in [-0.15, -0.1) is 24.0 Å². The average Bonchev–Trinajstić information content (AvgIpc) is 3.13. The minimum absolute atomic E-state index is 0. The average molecular weight is 488 g/mol. The molecule has 1 fully saturated rings. The molecule has 5 nitrogen and oxygen atoms in total. The third-order valence-electron chi connectivity index (χ3n) is 5.54. The van der Waals surface area contributed by atoms with E-state index in [1.807, 2.05) is 12.3 Å². The number of unbranched alkanes of at least 4 members (excludes halogenated alkanes) is 1. The lowest BCUT2D eigenvalue weighted by molar-refractivity contribution is 0.319. The van der Waals surface area contributed by atoms with Crippen LogP contribution in [0, 0.1) is 11.8 Å². The van der Waals surface area contributed by atoms with Gasteiger partial charge in [0.25, 0.3) is 0 Å². The van der Waals surface area contributed by atoms with Gasteiger partial charge in [0.1, 0.15) is 0 Å². The maximum atomic E-state index is 11.7. The Morgan fingerprint density at radius 1 is 1.26 bits per heavy atom. The third kappa shape index (κ3) is 7.47. The predicted molar refractivity (Wildman–Crippen MR) is 125 cm³/mol. The quantitative estimate of drug-likeness (QED) is 0.248. The second kappa shape index (κ2) is 13.2. The van der Waals surface area contributed by atoms with Crippen LogP contribution in [-0.4, -0.2) is 41.6 Å². The number of aromatic nitrogens is 1. The topological polar surface area (TPSA) is 49.6 Å². The molecule has 0 bridgehead atoms. The molecule has 1 atom stereocenters. The van der Waals surface area contributed by atoms with Gasteiger partial charge >= 0.3 is 0 Å². The van der Waals surface area contributed by atoms with Gasteiger partial charge in [-0.2, -0.15) is 0 Å². The first kappa shape index (κ1) is 24.0. The van der Waals surface area contributed by atoms with Gasteiger partial charge < -0.3 is 14.8 Å². The first-order chi connectivity index (χ1) is 12.7. The van der Waals surface area contributed by atoms with Crippen molar-refractivity contribution in [2.45, 2.75) is 59.4 Å². The normalized spacial score (nSPS) is 17.3. The number of pyridine rings is 1. The predicted octanol–water partition coefficient (Wildman–Crippen LogP) is 3.97. The van der Waals surface area contributed by atoms with Crippen molar-refractivity contribution in [1.82, 2.24) is 14.8 Å². The van der Waals surface area contributed by atoms with Crippen molar-refractivity contribution >= 4 is 29.9 Å². The summed E-state index contributed by atoms with van der Waals surface area (Å²) < 4.78 is 1.77. The number of halogens is 1. The molecule has 1 saturated heterocycles. The molecule has 0 aromatic carbocycles. The molecule has 1 unspecified atom stereocenters. The van der Waals surface area contributed by atoms with Crippen LogP contribution < -0.4 is 10.9 Å².